The quantitative estimate of drug-likeness (QED) is 0.532. The summed E-state index contributed by atoms with van der Waals surface area (Å²) >= 11 is 0. The first-order valence-corrected chi connectivity index (χ1v) is 8.19. The number of ketones is 1. The van der Waals surface area contributed by atoms with Crippen LogP contribution in [0.1, 0.15) is 15.9 Å². The minimum absolute atomic E-state index is 0.0673. The van der Waals surface area contributed by atoms with Crippen LogP contribution < -0.4 is 14.6 Å². The van der Waals surface area contributed by atoms with E-state index in [0.717, 1.165) is 18.0 Å². The Hall–Kier alpha value is -3.14. The fourth-order valence-corrected chi connectivity index (χ4v) is 2.51. The minimum Gasteiger partial charge on any atom is -0.497 e. The number of carbonyl (C=O) groups is 1. The van der Waals surface area contributed by atoms with Crippen LogP contribution in [0.25, 0.3) is 0 Å². The van der Waals surface area contributed by atoms with E-state index in [1.807, 2.05) is 47.3 Å². The number of aromatic nitrogens is 1. The summed E-state index contributed by atoms with van der Waals surface area (Å²) in [7, 11) is 1.61. The second-order valence-corrected chi connectivity index (χ2v) is 5.75. The molecule has 0 aliphatic rings. The highest BCUT2D eigenvalue weighted by molar-refractivity contribution is 5.95. The molecule has 2 aromatic carbocycles. The maximum atomic E-state index is 12.3. The zero-order chi connectivity index (χ0) is 17.5. The lowest BCUT2D eigenvalue weighted by atomic mass is 10.1. The number of benzene rings is 2. The summed E-state index contributed by atoms with van der Waals surface area (Å²) < 4.78 is 6.99. The van der Waals surface area contributed by atoms with Gasteiger partial charge in [-0.1, -0.05) is 30.3 Å². The van der Waals surface area contributed by atoms with Gasteiger partial charge in [-0.25, -0.2) is 0 Å². The van der Waals surface area contributed by atoms with Gasteiger partial charge in [-0.3, -0.25) is 4.79 Å². The van der Waals surface area contributed by atoms with Gasteiger partial charge >= 0.3 is 0 Å². The molecule has 0 bridgehead atoms. The lowest BCUT2D eigenvalue weighted by Gasteiger charge is -2.06. The minimum atomic E-state index is 0.0673. The summed E-state index contributed by atoms with van der Waals surface area (Å²) in [4.78, 5) is 12.3. The normalized spacial score (nSPS) is 10.3. The van der Waals surface area contributed by atoms with Crippen LogP contribution in [0, 0.1) is 0 Å². The molecule has 0 fully saturated rings. The third kappa shape index (κ3) is 4.67. The number of anilines is 1. The van der Waals surface area contributed by atoms with E-state index in [1.165, 1.54) is 5.56 Å². The summed E-state index contributed by atoms with van der Waals surface area (Å²) in [5, 5.41) is 3.37. The Morgan fingerprint density at radius 3 is 2.28 bits per heavy atom. The highest BCUT2D eigenvalue weighted by Crippen LogP contribution is 2.12. The molecule has 4 nitrogen and oxygen atoms in total. The van der Waals surface area contributed by atoms with Crippen molar-refractivity contribution in [1.82, 2.24) is 0 Å². The number of pyridine rings is 1. The van der Waals surface area contributed by atoms with Crippen LogP contribution in [0.15, 0.2) is 79.1 Å². The third-order valence-electron chi connectivity index (χ3n) is 3.97. The predicted octanol–water partition coefficient (Wildman–Crippen LogP) is 3.48. The zero-order valence-electron chi connectivity index (χ0n) is 14.2. The molecule has 0 aliphatic carbocycles. The van der Waals surface area contributed by atoms with Crippen LogP contribution in [0.3, 0.4) is 0 Å². The molecule has 0 saturated carbocycles. The van der Waals surface area contributed by atoms with Crippen molar-refractivity contribution in [3.63, 3.8) is 0 Å². The molecule has 0 unspecified atom stereocenters. The van der Waals surface area contributed by atoms with E-state index < -0.39 is 0 Å². The number of hydrogen-bond donors (Lipinski definition) is 1. The topological polar surface area (TPSA) is 42.2 Å². The van der Waals surface area contributed by atoms with Crippen molar-refractivity contribution in [2.75, 3.05) is 12.4 Å². The number of hydrogen-bond acceptors (Lipinski definition) is 3. The average Bonchev–Trinajstić information content (AvgIpc) is 2.68. The van der Waals surface area contributed by atoms with Gasteiger partial charge in [0.15, 0.2) is 12.4 Å². The van der Waals surface area contributed by atoms with Crippen molar-refractivity contribution in [2.45, 2.75) is 13.1 Å². The zero-order valence-corrected chi connectivity index (χ0v) is 14.2. The largest absolute Gasteiger partial charge is 0.497 e. The van der Waals surface area contributed by atoms with Crippen molar-refractivity contribution in [1.29, 1.82) is 0 Å². The molecular formula is C21H21N2O2+. The SMILES string of the molecule is COc1ccc(C(=O)C[n+]2ccc(NCc3ccccc3)cc2)cc1. The second-order valence-electron chi connectivity index (χ2n) is 5.75. The summed E-state index contributed by atoms with van der Waals surface area (Å²) in [6.45, 7) is 1.08. The van der Waals surface area contributed by atoms with E-state index >= 15 is 0 Å². The number of Topliss-reactive ketones (excluding diaryl/α,β-unsaturated/α-hetero) is 1. The summed E-state index contributed by atoms with van der Waals surface area (Å²) in [6.07, 6.45) is 3.82. The smallest absolute Gasteiger partial charge is 0.227 e. The van der Waals surface area contributed by atoms with Crippen LogP contribution in [0.2, 0.25) is 0 Å². The van der Waals surface area contributed by atoms with Gasteiger partial charge in [-0.2, -0.15) is 4.57 Å². The molecule has 3 aromatic rings. The molecule has 25 heavy (non-hydrogen) atoms. The van der Waals surface area contributed by atoms with Crippen molar-refractivity contribution >= 4 is 11.5 Å². The van der Waals surface area contributed by atoms with E-state index in [1.54, 1.807) is 31.4 Å². The van der Waals surface area contributed by atoms with Gasteiger partial charge < -0.3 is 10.1 Å². The molecule has 3 rings (SSSR count). The fraction of sp³-hybridized carbons (Fsp3) is 0.143. The van der Waals surface area contributed by atoms with Crippen LogP contribution in [0.5, 0.6) is 5.75 Å². The summed E-state index contributed by atoms with van der Waals surface area (Å²) in [5.41, 5.74) is 2.94. The van der Waals surface area contributed by atoms with Gasteiger partial charge in [0.2, 0.25) is 12.3 Å². The van der Waals surface area contributed by atoms with Crippen molar-refractivity contribution in [2.24, 2.45) is 0 Å². The molecule has 1 aromatic heterocycles. The lowest BCUT2D eigenvalue weighted by molar-refractivity contribution is -0.683. The molecule has 0 spiro atoms. The Labute approximate surface area is 147 Å². The Balaban J connectivity index is 1.57. The maximum Gasteiger partial charge on any atom is 0.227 e. The van der Waals surface area contributed by atoms with E-state index in [2.05, 4.69) is 17.4 Å². The molecule has 0 amide bonds. The van der Waals surface area contributed by atoms with E-state index in [0.29, 0.717) is 12.1 Å². The Morgan fingerprint density at radius 1 is 0.960 bits per heavy atom. The molecule has 0 atom stereocenters. The number of nitrogens with zero attached hydrogens (tertiary/aromatic N) is 1. The standard InChI is InChI=1S/C21H20N2O2/c1-25-20-9-7-18(8-10-20)21(24)16-23-13-11-19(12-14-23)22-15-17-5-3-2-4-6-17/h2-14H,15-16H2,1H3/p+1. The number of rotatable bonds is 7. The first-order valence-electron chi connectivity index (χ1n) is 8.19. The second kappa shape index (κ2) is 8.11. The lowest BCUT2D eigenvalue weighted by Crippen LogP contribution is -2.37. The number of nitrogens with one attached hydrogen (secondary N) is 1. The van der Waals surface area contributed by atoms with E-state index in [9.17, 15) is 4.79 Å². The summed E-state index contributed by atoms with van der Waals surface area (Å²) in [6, 6.07) is 21.4. The van der Waals surface area contributed by atoms with Gasteiger partial charge in [-0.05, 0) is 29.8 Å². The van der Waals surface area contributed by atoms with Crippen molar-refractivity contribution in [3.8, 4) is 5.75 Å². The van der Waals surface area contributed by atoms with E-state index in [4.69, 9.17) is 4.74 Å². The molecule has 1 N–H and O–H groups in total. The third-order valence-corrected chi connectivity index (χ3v) is 3.97. The predicted molar refractivity (Wildman–Crippen MR) is 97.7 cm³/mol. The number of ether oxygens (including phenoxy) is 1. The maximum absolute atomic E-state index is 12.3. The van der Waals surface area contributed by atoms with Crippen molar-refractivity contribution < 1.29 is 14.1 Å². The molecule has 0 aliphatic heterocycles. The Morgan fingerprint density at radius 2 is 1.64 bits per heavy atom. The highest BCUT2D eigenvalue weighted by atomic mass is 16.5. The average molecular weight is 333 g/mol. The van der Waals surface area contributed by atoms with Gasteiger partial charge in [0.1, 0.15) is 5.75 Å². The molecule has 0 radical (unpaired) electrons. The fourth-order valence-electron chi connectivity index (χ4n) is 2.51. The first-order chi connectivity index (χ1) is 12.2. The van der Waals surface area contributed by atoms with E-state index in [-0.39, 0.29) is 5.78 Å². The van der Waals surface area contributed by atoms with Crippen LogP contribution >= 0.6 is 0 Å². The van der Waals surface area contributed by atoms with Crippen molar-refractivity contribution in [3.05, 3.63) is 90.3 Å². The number of carbonyl (C=O) groups excluding carboxylic acids is 1. The Bertz CT molecular complexity index is 813. The van der Waals surface area contributed by atoms with Crippen LogP contribution in [0.4, 0.5) is 5.69 Å². The molecule has 126 valence electrons. The summed E-state index contributed by atoms with van der Waals surface area (Å²) in [5.74, 6) is 0.815. The molecule has 1 heterocycles. The molecular weight excluding hydrogens is 312 g/mol. The van der Waals surface area contributed by atoms with Gasteiger partial charge in [0, 0.05) is 29.9 Å². The highest BCUT2D eigenvalue weighted by Gasteiger charge is 2.12. The van der Waals surface area contributed by atoms with Crippen LogP contribution in [-0.4, -0.2) is 12.9 Å². The molecule has 0 saturated heterocycles. The van der Waals surface area contributed by atoms with Gasteiger partial charge in [-0.15, -0.1) is 0 Å². The monoisotopic (exact) mass is 333 g/mol. The first kappa shape index (κ1) is 16.7. The number of methoxy groups -OCH3 is 1. The van der Waals surface area contributed by atoms with Gasteiger partial charge in [0.25, 0.3) is 0 Å². The molecule has 4 heteroatoms. The van der Waals surface area contributed by atoms with Gasteiger partial charge in [0.05, 0.1) is 7.11 Å². The Kier molecular flexibility index (Phi) is 5.42. The van der Waals surface area contributed by atoms with Crippen LogP contribution in [-0.2, 0) is 13.1 Å².